The van der Waals surface area contributed by atoms with Gasteiger partial charge in [-0.15, -0.1) is 11.8 Å². The number of aryl methyl sites for hydroxylation is 1. The third-order valence-corrected chi connectivity index (χ3v) is 5.45. The third-order valence-electron chi connectivity index (χ3n) is 4.33. The quantitative estimate of drug-likeness (QED) is 0.501. The van der Waals surface area contributed by atoms with E-state index in [1.807, 2.05) is 11.8 Å². The van der Waals surface area contributed by atoms with Crippen molar-refractivity contribution in [1.82, 2.24) is 0 Å². The van der Waals surface area contributed by atoms with Crippen LogP contribution in [0.25, 0.3) is 11.1 Å². The topological polar surface area (TPSA) is 0 Å². The molecule has 0 bridgehead atoms. The Morgan fingerprint density at radius 1 is 0.727 bits per heavy atom. The minimum absolute atomic E-state index is 1.01. The third kappa shape index (κ3) is 2.46. The van der Waals surface area contributed by atoms with Crippen LogP contribution in [-0.2, 0) is 12.2 Å². The summed E-state index contributed by atoms with van der Waals surface area (Å²) in [6.07, 6.45) is 1.01. The van der Waals surface area contributed by atoms with E-state index in [0.717, 1.165) is 12.2 Å². The molecule has 0 N–H and O–H groups in total. The van der Waals surface area contributed by atoms with Gasteiger partial charge in [0.05, 0.1) is 0 Å². The molecular formula is C21H18S. The first-order valence-electron chi connectivity index (χ1n) is 7.70. The molecule has 0 aliphatic carbocycles. The van der Waals surface area contributed by atoms with Crippen LogP contribution in [0.1, 0.15) is 22.3 Å². The molecule has 0 fully saturated rings. The molecule has 22 heavy (non-hydrogen) atoms. The fourth-order valence-electron chi connectivity index (χ4n) is 3.14. The van der Waals surface area contributed by atoms with E-state index in [0.29, 0.717) is 0 Å². The van der Waals surface area contributed by atoms with Crippen LogP contribution in [0.15, 0.2) is 71.6 Å². The molecule has 0 amide bonds. The van der Waals surface area contributed by atoms with Gasteiger partial charge in [0.15, 0.2) is 0 Å². The van der Waals surface area contributed by atoms with Crippen LogP contribution in [0, 0.1) is 6.92 Å². The molecule has 4 rings (SSSR count). The summed E-state index contributed by atoms with van der Waals surface area (Å²) in [5, 5.41) is 0. The predicted molar refractivity (Wildman–Crippen MR) is 95.4 cm³/mol. The van der Waals surface area contributed by atoms with E-state index in [2.05, 4.69) is 73.7 Å². The molecule has 0 nitrogen and oxygen atoms in total. The van der Waals surface area contributed by atoms with E-state index in [-0.39, 0.29) is 0 Å². The van der Waals surface area contributed by atoms with E-state index in [1.165, 1.54) is 38.3 Å². The molecule has 0 spiro atoms. The lowest BCUT2D eigenvalue weighted by molar-refractivity contribution is 1.15. The van der Waals surface area contributed by atoms with Crippen molar-refractivity contribution in [2.24, 2.45) is 0 Å². The number of hydrogen-bond acceptors (Lipinski definition) is 1. The zero-order valence-electron chi connectivity index (χ0n) is 12.7. The van der Waals surface area contributed by atoms with Crippen molar-refractivity contribution >= 4 is 11.8 Å². The Morgan fingerprint density at radius 3 is 2.41 bits per heavy atom. The van der Waals surface area contributed by atoms with Gasteiger partial charge in [-0.25, -0.2) is 0 Å². The van der Waals surface area contributed by atoms with Gasteiger partial charge in [0.1, 0.15) is 0 Å². The van der Waals surface area contributed by atoms with Gasteiger partial charge >= 0.3 is 0 Å². The van der Waals surface area contributed by atoms with Crippen LogP contribution in [-0.4, -0.2) is 0 Å². The van der Waals surface area contributed by atoms with Gasteiger partial charge in [0, 0.05) is 10.6 Å². The van der Waals surface area contributed by atoms with Crippen LogP contribution in [0.2, 0.25) is 0 Å². The van der Waals surface area contributed by atoms with Gasteiger partial charge in [0.2, 0.25) is 0 Å². The van der Waals surface area contributed by atoms with Crippen LogP contribution in [0.5, 0.6) is 0 Å². The summed E-state index contributed by atoms with van der Waals surface area (Å²) in [7, 11) is 0. The van der Waals surface area contributed by atoms with Crippen molar-refractivity contribution < 1.29 is 0 Å². The molecule has 108 valence electrons. The van der Waals surface area contributed by atoms with E-state index in [1.54, 1.807) is 0 Å². The zero-order chi connectivity index (χ0) is 14.9. The van der Waals surface area contributed by atoms with E-state index >= 15 is 0 Å². The molecule has 0 unspecified atom stereocenters. The predicted octanol–water partition coefficient (Wildman–Crippen LogP) is 5.86. The first-order chi connectivity index (χ1) is 10.8. The largest absolute Gasteiger partial charge is 0.121 e. The number of thioether (sulfide) groups is 1. The molecule has 0 aromatic heterocycles. The normalized spacial score (nSPS) is 13.1. The van der Waals surface area contributed by atoms with Crippen LogP contribution < -0.4 is 0 Å². The van der Waals surface area contributed by atoms with Crippen LogP contribution >= 0.6 is 11.8 Å². The van der Waals surface area contributed by atoms with Crippen molar-refractivity contribution in [3.05, 3.63) is 89.0 Å². The molecule has 0 radical (unpaired) electrons. The Bertz CT molecular complexity index is 833. The van der Waals surface area contributed by atoms with Crippen molar-refractivity contribution in [2.45, 2.75) is 24.0 Å². The number of benzene rings is 3. The maximum atomic E-state index is 2.34. The Balaban J connectivity index is 1.97. The Morgan fingerprint density at radius 2 is 1.50 bits per heavy atom. The second-order valence-electron chi connectivity index (χ2n) is 5.89. The lowest BCUT2D eigenvalue weighted by atomic mass is 9.92. The SMILES string of the molecule is Cc1ccc2c(c1)-c1ccccc1SCc1ccccc1C2. The monoisotopic (exact) mass is 302 g/mol. The summed E-state index contributed by atoms with van der Waals surface area (Å²) in [6.45, 7) is 2.18. The van der Waals surface area contributed by atoms with Crippen molar-refractivity contribution in [3.63, 3.8) is 0 Å². The molecule has 1 heteroatoms. The molecule has 3 aromatic rings. The van der Waals surface area contributed by atoms with Crippen LogP contribution in [0.3, 0.4) is 0 Å². The molecule has 0 saturated carbocycles. The molecule has 0 saturated heterocycles. The van der Waals surface area contributed by atoms with Crippen molar-refractivity contribution in [1.29, 1.82) is 0 Å². The van der Waals surface area contributed by atoms with Crippen molar-refractivity contribution in [3.8, 4) is 11.1 Å². The minimum atomic E-state index is 1.01. The van der Waals surface area contributed by atoms with Crippen LogP contribution in [0.4, 0.5) is 0 Å². The fraction of sp³-hybridized carbons (Fsp3) is 0.143. The van der Waals surface area contributed by atoms with E-state index in [4.69, 9.17) is 0 Å². The van der Waals surface area contributed by atoms with Gasteiger partial charge < -0.3 is 0 Å². The molecule has 1 heterocycles. The molecule has 3 aromatic carbocycles. The standard InChI is InChI=1S/C21H18S/c1-15-10-11-17-13-16-6-2-3-7-18(16)14-22-21-9-5-4-8-19(21)20(17)12-15/h2-12H,13-14H2,1H3. The van der Waals surface area contributed by atoms with Gasteiger partial charge in [0.25, 0.3) is 0 Å². The lowest BCUT2D eigenvalue weighted by Gasteiger charge is -2.13. The number of rotatable bonds is 0. The number of hydrogen-bond donors (Lipinski definition) is 0. The fourth-order valence-corrected chi connectivity index (χ4v) is 4.24. The summed E-state index contributed by atoms with van der Waals surface area (Å²) in [4.78, 5) is 1.38. The summed E-state index contributed by atoms with van der Waals surface area (Å²) in [5.41, 5.74) is 8.42. The first-order valence-corrected chi connectivity index (χ1v) is 8.68. The highest BCUT2D eigenvalue weighted by atomic mass is 32.2. The maximum Gasteiger partial charge on any atom is 0.0235 e. The molecule has 1 aliphatic heterocycles. The summed E-state index contributed by atoms with van der Waals surface area (Å²) in [6, 6.07) is 24.5. The second-order valence-corrected chi connectivity index (χ2v) is 6.91. The second kappa shape index (κ2) is 5.66. The zero-order valence-corrected chi connectivity index (χ0v) is 13.5. The van der Waals surface area contributed by atoms with Gasteiger partial charge in [-0.3, -0.25) is 0 Å². The van der Waals surface area contributed by atoms with E-state index in [9.17, 15) is 0 Å². The molecular weight excluding hydrogens is 284 g/mol. The highest BCUT2D eigenvalue weighted by Crippen LogP contribution is 2.38. The Kier molecular flexibility index (Phi) is 3.51. The van der Waals surface area contributed by atoms with Gasteiger partial charge in [-0.05, 0) is 47.2 Å². The van der Waals surface area contributed by atoms with Gasteiger partial charge in [-0.2, -0.15) is 0 Å². The smallest absolute Gasteiger partial charge is 0.0235 e. The molecule has 1 aliphatic rings. The van der Waals surface area contributed by atoms with Crippen molar-refractivity contribution in [2.75, 3.05) is 0 Å². The Hall–Kier alpha value is -1.99. The molecule has 0 atom stereocenters. The lowest BCUT2D eigenvalue weighted by Crippen LogP contribution is -1.95. The highest BCUT2D eigenvalue weighted by molar-refractivity contribution is 7.98. The summed E-state index contributed by atoms with van der Waals surface area (Å²) < 4.78 is 0. The average molecular weight is 302 g/mol. The minimum Gasteiger partial charge on any atom is -0.121 e. The highest BCUT2D eigenvalue weighted by Gasteiger charge is 2.15. The van der Waals surface area contributed by atoms with Gasteiger partial charge in [-0.1, -0.05) is 66.2 Å². The summed E-state index contributed by atoms with van der Waals surface area (Å²) in [5.74, 6) is 1.04. The Labute approximate surface area is 136 Å². The average Bonchev–Trinajstić information content (AvgIpc) is 2.61. The summed E-state index contributed by atoms with van der Waals surface area (Å²) >= 11 is 1.95. The number of fused-ring (bicyclic) bond motifs is 4. The van der Waals surface area contributed by atoms with E-state index < -0.39 is 0 Å². The maximum absolute atomic E-state index is 2.34. The first kappa shape index (κ1) is 13.7.